The smallest absolute Gasteiger partial charge is 0.414 e. The number of nitriles is 1. The second kappa shape index (κ2) is 7.11. The first-order valence-corrected chi connectivity index (χ1v) is 8.06. The van der Waals surface area contributed by atoms with Crippen molar-refractivity contribution in [3.8, 4) is 6.07 Å². The maximum Gasteiger partial charge on any atom is 0.414 e. The van der Waals surface area contributed by atoms with Crippen LogP contribution >= 0.6 is 0 Å². The van der Waals surface area contributed by atoms with Crippen molar-refractivity contribution in [2.75, 3.05) is 18.5 Å². The van der Waals surface area contributed by atoms with Crippen molar-refractivity contribution < 1.29 is 19.4 Å². The van der Waals surface area contributed by atoms with Crippen molar-refractivity contribution in [3.63, 3.8) is 0 Å². The summed E-state index contributed by atoms with van der Waals surface area (Å²) in [6.45, 7) is 5.32. The summed E-state index contributed by atoms with van der Waals surface area (Å²) in [5, 5.41) is 19.3. The fourth-order valence-electron chi connectivity index (χ4n) is 2.88. The monoisotopic (exact) mass is 345 g/mol. The quantitative estimate of drug-likeness (QED) is 0.887. The first kappa shape index (κ1) is 18.7. The molecule has 7 nitrogen and oxygen atoms in total. The minimum Gasteiger partial charge on any atom is -0.443 e. The Bertz CT molecular complexity index is 705. The summed E-state index contributed by atoms with van der Waals surface area (Å²) in [6, 6.07) is 8.26. The second-order valence-corrected chi connectivity index (χ2v) is 7.00. The molecular formula is C18H23N3O4. The highest BCUT2D eigenvalue weighted by Gasteiger charge is 2.39. The molecule has 2 amide bonds. The average molecular weight is 345 g/mol. The van der Waals surface area contributed by atoms with Crippen molar-refractivity contribution in [1.82, 2.24) is 4.90 Å². The van der Waals surface area contributed by atoms with Gasteiger partial charge in [0.1, 0.15) is 12.0 Å². The van der Waals surface area contributed by atoms with Crippen LogP contribution < -0.4 is 4.90 Å². The lowest BCUT2D eigenvalue weighted by Gasteiger charge is -2.41. The van der Waals surface area contributed by atoms with E-state index in [1.54, 1.807) is 52.1 Å². The van der Waals surface area contributed by atoms with Crippen molar-refractivity contribution in [2.24, 2.45) is 0 Å². The molecule has 1 N–H and O–H groups in total. The number of fused-ring (bicyclic) bond motifs is 1. The molecule has 1 aromatic carbocycles. The lowest BCUT2D eigenvalue weighted by atomic mass is 9.93. The Kier molecular flexibility index (Phi) is 5.33. The number of hydrogen-bond donors (Lipinski definition) is 1. The number of aliphatic hydroxyl groups is 1. The number of hydrogen-bond acceptors (Lipinski definition) is 5. The number of β-amino-alcohol motifs (C(OH)–C–C–N with tert-alkyl or cyclic N) is 1. The summed E-state index contributed by atoms with van der Waals surface area (Å²) in [6.07, 6.45) is -1.81. The van der Waals surface area contributed by atoms with Gasteiger partial charge >= 0.3 is 6.09 Å². The molecule has 2 atom stereocenters. The maximum atomic E-state index is 12.5. The van der Waals surface area contributed by atoms with E-state index >= 15 is 0 Å². The van der Waals surface area contributed by atoms with Crippen molar-refractivity contribution >= 4 is 17.7 Å². The van der Waals surface area contributed by atoms with E-state index in [1.165, 1.54) is 9.80 Å². The number of likely N-dealkylation sites (N-methyl/N-ethyl adjacent to an activating group) is 1. The first-order chi connectivity index (χ1) is 11.7. The molecule has 0 saturated carbocycles. The van der Waals surface area contributed by atoms with Gasteiger partial charge < -0.3 is 14.7 Å². The first-order valence-electron chi connectivity index (χ1n) is 8.06. The number of amides is 2. The van der Waals surface area contributed by atoms with Gasteiger partial charge in [0, 0.05) is 12.6 Å². The zero-order valence-corrected chi connectivity index (χ0v) is 14.9. The van der Waals surface area contributed by atoms with Crippen LogP contribution in [0.4, 0.5) is 10.5 Å². The van der Waals surface area contributed by atoms with Gasteiger partial charge in [0.25, 0.3) is 0 Å². The molecule has 0 saturated heterocycles. The molecule has 0 aromatic heterocycles. The number of anilines is 1. The summed E-state index contributed by atoms with van der Waals surface area (Å²) in [7, 11) is 1.55. The van der Waals surface area contributed by atoms with Crippen LogP contribution in [0.25, 0.3) is 0 Å². The van der Waals surface area contributed by atoms with Crippen LogP contribution in [0.1, 0.15) is 38.8 Å². The van der Waals surface area contributed by atoms with Crippen LogP contribution in [0, 0.1) is 11.3 Å². The maximum absolute atomic E-state index is 12.5. The normalized spacial score (nSPS) is 19.6. The summed E-state index contributed by atoms with van der Waals surface area (Å²) >= 11 is 0. The lowest BCUT2D eigenvalue weighted by molar-refractivity contribution is -0.133. The topological polar surface area (TPSA) is 93.9 Å². The predicted molar refractivity (Wildman–Crippen MR) is 91.8 cm³/mol. The fourth-order valence-corrected chi connectivity index (χ4v) is 2.88. The number of para-hydroxylation sites is 1. The summed E-state index contributed by atoms with van der Waals surface area (Å²) in [5.41, 5.74) is 0.567. The largest absolute Gasteiger partial charge is 0.443 e. The molecule has 0 bridgehead atoms. The minimum atomic E-state index is -0.991. The van der Waals surface area contributed by atoms with Crippen LogP contribution in [0.3, 0.4) is 0 Å². The molecule has 1 heterocycles. The molecule has 2 rings (SSSR count). The molecule has 1 aliphatic rings. The predicted octanol–water partition coefficient (Wildman–Crippen LogP) is 2.22. The molecule has 7 heteroatoms. The van der Waals surface area contributed by atoms with E-state index in [4.69, 9.17) is 10.00 Å². The van der Waals surface area contributed by atoms with Crippen molar-refractivity contribution in [1.29, 1.82) is 5.26 Å². The Morgan fingerprint density at radius 3 is 2.64 bits per heavy atom. The van der Waals surface area contributed by atoms with Crippen LogP contribution in [-0.4, -0.2) is 47.3 Å². The molecule has 1 aliphatic heterocycles. The van der Waals surface area contributed by atoms with Crippen LogP contribution in [0.15, 0.2) is 24.3 Å². The van der Waals surface area contributed by atoms with Crippen LogP contribution in [0.5, 0.6) is 0 Å². The number of benzene rings is 1. The molecule has 0 radical (unpaired) electrons. The number of aliphatic hydroxyl groups excluding tert-OH is 1. The third kappa shape index (κ3) is 4.09. The van der Waals surface area contributed by atoms with Crippen molar-refractivity contribution in [3.05, 3.63) is 29.8 Å². The van der Waals surface area contributed by atoms with E-state index in [0.29, 0.717) is 11.3 Å². The van der Waals surface area contributed by atoms with Gasteiger partial charge in [-0.2, -0.15) is 5.26 Å². The fraction of sp³-hybridized carbons (Fsp3) is 0.500. The molecule has 1 aromatic rings. The van der Waals surface area contributed by atoms with Crippen LogP contribution in [0.2, 0.25) is 0 Å². The van der Waals surface area contributed by atoms with Gasteiger partial charge in [0.2, 0.25) is 5.91 Å². The van der Waals surface area contributed by atoms with Gasteiger partial charge in [-0.05, 0) is 26.8 Å². The zero-order chi connectivity index (χ0) is 18.8. The summed E-state index contributed by atoms with van der Waals surface area (Å²) < 4.78 is 5.42. The van der Waals surface area contributed by atoms with Gasteiger partial charge in [-0.15, -0.1) is 0 Å². The number of ether oxygens (including phenoxy) is 1. The highest BCUT2D eigenvalue weighted by Crippen LogP contribution is 2.37. The molecule has 134 valence electrons. The number of carbonyl (C=O) groups is 2. The summed E-state index contributed by atoms with van der Waals surface area (Å²) in [4.78, 5) is 27.3. The SMILES string of the molecule is CN(C(=O)CC#N)[C@@H]1c2ccccc2N(C(=O)OC(C)(C)C)C[C@H]1O. The summed E-state index contributed by atoms with van der Waals surface area (Å²) in [5.74, 6) is -0.382. The molecule has 0 aliphatic carbocycles. The van der Waals surface area contributed by atoms with Crippen LogP contribution in [-0.2, 0) is 9.53 Å². The molecule has 0 fully saturated rings. The van der Waals surface area contributed by atoms with E-state index < -0.39 is 23.8 Å². The standard InChI is InChI=1S/C18H23N3O4/c1-18(2,3)25-17(24)21-11-14(22)16(20(4)15(23)9-10-19)12-7-5-6-8-13(12)21/h5-8,14,16,22H,9,11H2,1-4H3/t14-,16-/m1/s1. The third-order valence-electron chi connectivity index (χ3n) is 3.94. The Hall–Kier alpha value is -2.59. The Balaban J connectivity index is 2.38. The Morgan fingerprint density at radius 2 is 2.04 bits per heavy atom. The lowest BCUT2D eigenvalue weighted by Crippen LogP contribution is -2.50. The van der Waals surface area contributed by atoms with E-state index in [9.17, 15) is 14.7 Å². The Labute approximate surface area is 147 Å². The van der Waals surface area contributed by atoms with Crippen molar-refractivity contribution in [2.45, 2.75) is 44.9 Å². The van der Waals surface area contributed by atoms with E-state index in [-0.39, 0.29) is 18.9 Å². The van der Waals surface area contributed by atoms with Gasteiger partial charge in [0.15, 0.2) is 0 Å². The molecule has 0 spiro atoms. The van der Waals surface area contributed by atoms with Gasteiger partial charge in [-0.25, -0.2) is 4.79 Å². The molecule has 0 unspecified atom stereocenters. The average Bonchev–Trinajstić information content (AvgIpc) is 2.52. The van der Waals surface area contributed by atoms with Gasteiger partial charge in [-0.3, -0.25) is 9.69 Å². The Morgan fingerprint density at radius 1 is 1.40 bits per heavy atom. The number of rotatable bonds is 2. The minimum absolute atomic E-state index is 0.000761. The number of carbonyl (C=O) groups excluding carboxylic acids is 2. The molecule has 25 heavy (non-hydrogen) atoms. The van der Waals surface area contributed by atoms with E-state index in [1.807, 2.05) is 6.07 Å². The highest BCUT2D eigenvalue weighted by molar-refractivity contribution is 5.90. The van der Waals surface area contributed by atoms with E-state index in [0.717, 1.165) is 0 Å². The highest BCUT2D eigenvalue weighted by atomic mass is 16.6. The van der Waals surface area contributed by atoms with Gasteiger partial charge in [0.05, 0.1) is 30.4 Å². The van der Waals surface area contributed by atoms with Gasteiger partial charge in [-0.1, -0.05) is 18.2 Å². The van der Waals surface area contributed by atoms with E-state index in [2.05, 4.69) is 0 Å². The number of nitrogens with zero attached hydrogens (tertiary/aromatic N) is 3. The zero-order valence-electron chi connectivity index (χ0n) is 14.9. The third-order valence-corrected chi connectivity index (χ3v) is 3.94. The molecular weight excluding hydrogens is 322 g/mol. The second-order valence-electron chi connectivity index (χ2n) is 7.00.